The second-order valence-electron chi connectivity index (χ2n) is 4.94. The monoisotopic (exact) mass is 252 g/mol. The van der Waals surface area contributed by atoms with Crippen molar-refractivity contribution in [1.29, 1.82) is 0 Å². The van der Waals surface area contributed by atoms with E-state index in [-0.39, 0.29) is 12.5 Å². The van der Waals surface area contributed by atoms with Gasteiger partial charge in [-0.2, -0.15) is 0 Å². The summed E-state index contributed by atoms with van der Waals surface area (Å²) in [6, 6.07) is -1.37. The molecule has 0 aromatic rings. The molecule has 0 aromatic carbocycles. The molecule has 2 amide bonds. The minimum absolute atomic E-state index is 0.0145. The fourth-order valence-electron chi connectivity index (χ4n) is 2.25. The van der Waals surface area contributed by atoms with Crippen molar-refractivity contribution >= 4 is 12.0 Å². The van der Waals surface area contributed by atoms with Gasteiger partial charge in [-0.15, -0.1) is 12.3 Å². The average molecular weight is 252 g/mol. The van der Waals surface area contributed by atoms with Crippen LogP contribution in [0.5, 0.6) is 0 Å². The van der Waals surface area contributed by atoms with E-state index in [1.54, 1.807) is 0 Å². The first-order valence-corrected chi connectivity index (χ1v) is 6.19. The third-order valence-electron chi connectivity index (χ3n) is 3.71. The second kappa shape index (κ2) is 6.29. The molecule has 0 aliphatic heterocycles. The summed E-state index contributed by atoms with van der Waals surface area (Å²) in [4.78, 5) is 22.5. The van der Waals surface area contributed by atoms with E-state index in [0.29, 0.717) is 11.8 Å². The fourth-order valence-corrected chi connectivity index (χ4v) is 2.25. The number of hydrogen-bond acceptors (Lipinski definition) is 2. The van der Waals surface area contributed by atoms with Gasteiger partial charge in [-0.3, -0.25) is 0 Å². The van der Waals surface area contributed by atoms with Crippen LogP contribution >= 0.6 is 0 Å². The van der Waals surface area contributed by atoms with Crippen molar-refractivity contribution in [2.75, 3.05) is 0 Å². The molecule has 0 saturated heterocycles. The van der Waals surface area contributed by atoms with Gasteiger partial charge in [-0.1, -0.05) is 13.8 Å². The number of amides is 2. The molecule has 0 bridgehead atoms. The highest BCUT2D eigenvalue weighted by Gasteiger charge is 2.31. The Morgan fingerprint density at radius 3 is 2.56 bits per heavy atom. The first-order chi connectivity index (χ1) is 8.45. The topological polar surface area (TPSA) is 78.4 Å². The van der Waals surface area contributed by atoms with Crippen LogP contribution in [0.4, 0.5) is 4.79 Å². The summed E-state index contributed by atoms with van der Waals surface area (Å²) in [5.74, 6) is 2.11. The number of rotatable bonds is 4. The molecule has 5 heteroatoms. The highest BCUT2D eigenvalue weighted by Crippen LogP contribution is 2.30. The molecule has 1 aliphatic rings. The molecular formula is C13H20N2O3. The minimum Gasteiger partial charge on any atom is -0.480 e. The van der Waals surface area contributed by atoms with Crippen molar-refractivity contribution in [2.45, 2.75) is 45.2 Å². The molecule has 4 atom stereocenters. The van der Waals surface area contributed by atoms with Crippen LogP contribution in [0.3, 0.4) is 0 Å². The Hall–Kier alpha value is -1.70. The molecule has 1 rings (SSSR count). The van der Waals surface area contributed by atoms with Gasteiger partial charge in [0.15, 0.2) is 0 Å². The lowest BCUT2D eigenvalue weighted by Gasteiger charge is -2.21. The van der Waals surface area contributed by atoms with E-state index in [1.165, 1.54) is 0 Å². The predicted octanol–water partition coefficient (Wildman–Crippen LogP) is 1.20. The quantitative estimate of drug-likeness (QED) is 0.658. The summed E-state index contributed by atoms with van der Waals surface area (Å²) in [6.07, 6.45) is 7.06. The summed E-state index contributed by atoms with van der Waals surface area (Å²) < 4.78 is 0. The van der Waals surface area contributed by atoms with E-state index < -0.39 is 18.0 Å². The maximum atomic E-state index is 11.7. The molecule has 0 radical (unpaired) electrons. The summed E-state index contributed by atoms with van der Waals surface area (Å²) in [6.45, 7) is 4.25. The third kappa shape index (κ3) is 3.66. The van der Waals surface area contributed by atoms with Crippen LogP contribution in [-0.4, -0.2) is 29.2 Å². The van der Waals surface area contributed by atoms with Crippen molar-refractivity contribution in [2.24, 2.45) is 11.8 Å². The van der Waals surface area contributed by atoms with E-state index in [1.807, 2.05) is 0 Å². The zero-order valence-corrected chi connectivity index (χ0v) is 10.8. The number of carbonyl (C=O) groups excluding carboxylic acids is 1. The smallest absolute Gasteiger partial charge is 0.327 e. The molecule has 1 aliphatic carbocycles. The maximum absolute atomic E-state index is 11.7. The lowest BCUT2D eigenvalue weighted by Crippen LogP contribution is -2.49. The molecule has 0 aromatic heterocycles. The van der Waals surface area contributed by atoms with Gasteiger partial charge < -0.3 is 15.7 Å². The Morgan fingerprint density at radius 2 is 2.11 bits per heavy atom. The van der Waals surface area contributed by atoms with Crippen LogP contribution in [0, 0.1) is 24.2 Å². The molecule has 0 spiro atoms. The van der Waals surface area contributed by atoms with Crippen molar-refractivity contribution in [1.82, 2.24) is 10.6 Å². The van der Waals surface area contributed by atoms with Crippen LogP contribution in [0.2, 0.25) is 0 Å². The Bertz CT molecular complexity index is 362. The van der Waals surface area contributed by atoms with Gasteiger partial charge in [-0.25, -0.2) is 9.59 Å². The van der Waals surface area contributed by atoms with Crippen LogP contribution in [0.25, 0.3) is 0 Å². The zero-order chi connectivity index (χ0) is 13.7. The SMILES string of the molecule is C#CCC(NC(=O)NC1CCC(C)C1C)C(=O)O. The van der Waals surface area contributed by atoms with Gasteiger partial charge >= 0.3 is 12.0 Å². The maximum Gasteiger partial charge on any atom is 0.327 e. The molecule has 3 N–H and O–H groups in total. The number of terminal acetylenes is 1. The molecular weight excluding hydrogens is 232 g/mol. The number of carbonyl (C=O) groups is 2. The highest BCUT2D eigenvalue weighted by molar-refractivity contribution is 5.82. The Morgan fingerprint density at radius 1 is 1.44 bits per heavy atom. The van der Waals surface area contributed by atoms with Crippen LogP contribution in [-0.2, 0) is 4.79 Å². The molecule has 5 nitrogen and oxygen atoms in total. The predicted molar refractivity (Wildman–Crippen MR) is 67.9 cm³/mol. The standard InChI is InChI=1S/C13H20N2O3/c1-4-5-11(12(16)17)15-13(18)14-10-7-6-8(2)9(10)3/h1,8-11H,5-7H2,2-3H3,(H,16,17)(H2,14,15,18). The summed E-state index contributed by atoms with van der Waals surface area (Å²) >= 11 is 0. The first-order valence-electron chi connectivity index (χ1n) is 6.19. The van der Waals surface area contributed by atoms with Crippen LogP contribution in [0.1, 0.15) is 33.1 Å². The summed E-state index contributed by atoms with van der Waals surface area (Å²) in [5, 5.41) is 14.1. The molecule has 1 fully saturated rings. The van der Waals surface area contributed by atoms with Crippen molar-refractivity contribution < 1.29 is 14.7 Å². The lowest BCUT2D eigenvalue weighted by atomic mass is 9.98. The molecule has 4 unspecified atom stereocenters. The molecule has 0 heterocycles. The molecule has 1 saturated carbocycles. The van der Waals surface area contributed by atoms with E-state index in [0.717, 1.165) is 12.8 Å². The largest absolute Gasteiger partial charge is 0.480 e. The van der Waals surface area contributed by atoms with Crippen molar-refractivity contribution in [3.8, 4) is 12.3 Å². The first kappa shape index (κ1) is 14.4. The van der Waals surface area contributed by atoms with Crippen molar-refractivity contribution in [3.63, 3.8) is 0 Å². The van der Waals surface area contributed by atoms with Gasteiger partial charge in [0.1, 0.15) is 6.04 Å². The van der Waals surface area contributed by atoms with E-state index in [4.69, 9.17) is 11.5 Å². The Labute approximate surface area is 107 Å². The van der Waals surface area contributed by atoms with Gasteiger partial charge in [0.25, 0.3) is 0 Å². The number of aliphatic carboxylic acids is 1. The lowest BCUT2D eigenvalue weighted by molar-refractivity contribution is -0.139. The third-order valence-corrected chi connectivity index (χ3v) is 3.71. The Balaban J connectivity index is 2.46. The fraction of sp³-hybridized carbons (Fsp3) is 0.692. The average Bonchev–Trinajstić information content (AvgIpc) is 2.60. The van der Waals surface area contributed by atoms with Gasteiger partial charge in [0.05, 0.1) is 0 Å². The Kier molecular flexibility index (Phi) is 5.02. The molecule has 18 heavy (non-hydrogen) atoms. The number of hydrogen-bond donors (Lipinski definition) is 3. The summed E-state index contributed by atoms with van der Waals surface area (Å²) in [5.41, 5.74) is 0. The number of carboxylic acid groups (broad SMARTS) is 1. The van der Waals surface area contributed by atoms with E-state index >= 15 is 0 Å². The van der Waals surface area contributed by atoms with E-state index in [2.05, 4.69) is 30.4 Å². The van der Waals surface area contributed by atoms with Gasteiger partial charge in [-0.05, 0) is 24.7 Å². The van der Waals surface area contributed by atoms with Crippen molar-refractivity contribution in [3.05, 3.63) is 0 Å². The number of urea groups is 1. The molecule has 100 valence electrons. The number of carboxylic acids is 1. The van der Waals surface area contributed by atoms with Crippen LogP contribution in [0.15, 0.2) is 0 Å². The van der Waals surface area contributed by atoms with E-state index in [9.17, 15) is 9.59 Å². The second-order valence-corrected chi connectivity index (χ2v) is 4.94. The number of nitrogens with one attached hydrogen (secondary N) is 2. The summed E-state index contributed by atoms with van der Waals surface area (Å²) in [7, 11) is 0. The van der Waals surface area contributed by atoms with Gasteiger partial charge in [0.2, 0.25) is 0 Å². The van der Waals surface area contributed by atoms with Crippen LogP contribution < -0.4 is 10.6 Å². The minimum atomic E-state index is -1.11. The zero-order valence-electron chi connectivity index (χ0n) is 10.8. The normalized spacial score (nSPS) is 28.2. The van der Waals surface area contributed by atoms with Gasteiger partial charge in [0, 0.05) is 12.5 Å². The highest BCUT2D eigenvalue weighted by atomic mass is 16.4.